The molecule has 0 aliphatic carbocycles. The van der Waals surface area contributed by atoms with Gasteiger partial charge in [0.1, 0.15) is 11.6 Å². The summed E-state index contributed by atoms with van der Waals surface area (Å²) in [5, 5.41) is 4.34. The Morgan fingerprint density at radius 2 is 2.00 bits per heavy atom. The highest BCUT2D eigenvalue weighted by Gasteiger charge is 2.11. The molecule has 1 heterocycles. The van der Waals surface area contributed by atoms with E-state index in [1.807, 2.05) is 6.07 Å². The van der Waals surface area contributed by atoms with E-state index in [2.05, 4.69) is 37.1 Å². The first kappa shape index (κ1) is 13.8. The number of anilines is 1. The van der Waals surface area contributed by atoms with Crippen molar-refractivity contribution in [2.75, 3.05) is 11.9 Å². The van der Waals surface area contributed by atoms with E-state index >= 15 is 0 Å². The summed E-state index contributed by atoms with van der Waals surface area (Å²) >= 11 is 0. The maximum absolute atomic E-state index is 13.6. The van der Waals surface area contributed by atoms with Crippen LogP contribution in [0.3, 0.4) is 0 Å². The highest BCUT2D eigenvalue weighted by molar-refractivity contribution is 5.82. The summed E-state index contributed by atoms with van der Waals surface area (Å²) in [5.74, 6) is 1.08. The number of aryl methyl sites for hydroxylation is 1. The number of nitrogens with one attached hydrogen (secondary N) is 1. The van der Waals surface area contributed by atoms with Crippen molar-refractivity contribution >= 4 is 16.7 Å². The molecule has 1 aromatic carbocycles. The van der Waals surface area contributed by atoms with Crippen LogP contribution in [0.2, 0.25) is 0 Å². The van der Waals surface area contributed by atoms with Crippen LogP contribution in [0.1, 0.15) is 44.2 Å². The van der Waals surface area contributed by atoms with Gasteiger partial charge in [0.15, 0.2) is 0 Å². The number of pyridine rings is 1. The molecule has 0 radical (unpaired) electrons. The first-order chi connectivity index (χ1) is 9.02. The number of benzene rings is 1. The number of aromatic nitrogens is 1. The Balaban J connectivity index is 2.58. The average molecular weight is 260 g/mol. The number of fused-ring (bicyclic) bond motifs is 1. The summed E-state index contributed by atoms with van der Waals surface area (Å²) in [6.07, 6.45) is 1.04. The number of hydrogen-bond acceptors (Lipinski definition) is 2. The molecule has 3 heteroatoms. The standard InChI is InChI=1S/C16H21FN2/c1-5-6-18-16-13(10(2)3)8-12-7-11(4)14(17)9-15(12)19-16/h7-10H,5-6H2,1-4H3,(H,18,19). The maximum atomic E-state index is 13.6. The Labute approximate surface area is 114 Å². The van der Waals surface area contributed by atoms with Gasteiger partial charge < -0.3 is 5.32 Å². The molecule has 0 spiro atoms. The largest absolute Gasteiger partial charge is 0.370 e. The third-order valence-corrected chi connectivity index (χ3v) is 3.29. The third kappa shape index (κ3) is 2.86. The molecule has 1 aromatic heterocycles. The normalized spacial score (nSPS) is 11.3. The van der Waals surface area contributed by atoms with E-state index in [9.17, 15) is 4.39 Å². The number of hydrogen-bond donors (Lipinski definition) is 1. The van der Waals surface area contributed by atoms with Gasteiger partial charge in [-0.2, -0.15) is 0 Å². The average Bonchev–Trinajstić information content (AvgIpc) is 2.36. The van der Waals surface area contributed by atoms with Gasteiger partial charge >= 0.3 is 0 Å². The van der Waals surface area contributed by atoms with Crippen molar-refractivity contribution < 1.29 is 4.39 Å². The summed E-state index contributed by atoms with van der Waals surface area (Å²) in [6.45, 7) is 9.08. The van der Waals surface area contributed by atoms with Crippen LogP contribution in [-0.2, 0) is 0 Å². The molecule has 1 N–H and O–H groups in total. The van der Waals surface area contributed by atoms with Crippen molar-refractivity contribution in [2.45, 2.75) is 40.0 Å². The first-order valence-corrected chi connectivity index (χ1v) is 6.87. The molecule has 2 rings (SSSR count). The molecule has 0 saturated carbocycles. The van der Waals surface area contributed by atoms with Gasteiger partial charge in [-0.25, -0.2) is 9.37 Å². The molecule has 0 saturated heterocycles. The molecule has 0 bridgehead atoms. The number of rotatable bonds is 4. The van der Waals surface area contributed by atoms with E-state index in [4.69, 9.17) is 0 Å². The Bertz CT molecular complexity index is 591. The van der Waals surface area contributed by atoms with Gasteiger partial charge in [-0.15, -0.1) is 0 Å². The zero-order chi connectivity index (χ0) is 14.0. The van der Waals surface area contributed by atoms with Crippen LogP contribution in [-0.4, -0.2) is 11.5 Å². The van der Waals surface area contributed by atoms with Crippen LogP contribution in [0.5, 0.6) is 0 Å². The summed E-state index contributed by atoms with van der Waals surface area (Å²) in [7, 11) is 0. The SMILES string of the molecule is CCCNc1nc2cc(F)c(C)cc2cc1C(C)C. The molecular formula is C16H21FN2. The summed E-state index contributed by atoms with van der Waals surface area (Å²) < 4.78 is 13.6. The molecule has 0 amide bonds. The molecule has 0 unspecified atom stereocenters. The Morgan fingerprint density at radius 1 is 1.26 bits per heavy atom. The molecule has 0 atom stereocenters. The monoisotopic (exact) mass is 260 g/mol. The smallest absolute Gasteiger partial charge is 0.130 e. The zero-order valence-corrected chi connectivity index (χ0v) is 12.0. The van der Waals surface area contributed by atoms with Gasteiger partial charge in [0.05, 0.1) is 5.52 Å². The van der Waals surface area contributed by atoms with Crippen molar-refractivity contribution in [3.8, 4) is 0 Å². The lowest BCUT2D eigenvalue weighted by Crippen LogP contribution is -2.06. The van der Waals surface area contributed by atoms with Crippen LogP contribution in [0.15, 0.2) is 18.2 Å². The van der Waals surface area contributed by atoms with Crippen LogP contribution in [0.4, 0.5) is 10.2 Å². The van der Waals surface area contributed by atoms with Crippen molar-refractivity contribution in [3.05, 3.63) is 35.1 Å². The Hall–Kier alpha value is -1.64. The molecule has 2 nitrogen and oxygen atoms in total. The van der Waals surface area contributed by atoms with Gasteiger partial charge in [-0.3, -0.25) is 0 Å². The second-order valence-corrected chi connectivity index (χ2v) is 5.30. The van der Waals surface area contributed by atoms with Crippen molar-refractivity contribution in [3.63, 3.8) is 0 Å². The summed E-state index contributed by atoms with van der Waals surface area (Å²) in [4.78, 5) is 4.58. The lowest BCUT2D eigenvalue weighted by atomic mass is 10.0. The third-order valence-electron chi connectivity index (χ3n) is 3.29. The van der Waals surface area contributed by atoms with Gasteiger partial charge in [0.2, 0.25) is 0 Å². The summed E-state index contributed by atoms with van der Waals surface area (Å²) in [5.41, 5.74) is 2.57. The van der Waals surface area contributed by atoms with E-state index in [0.717, 1.165) is 24.2 Å². The predicted molar refractivity (Wildman–Crippen MR) is 79.3 cm³/mol. The van der Waals surface area contributed by atoms with Gasteiger partial charge in [-0.1, -0.05) is 20.8 Å². The second kappa shape index (κ2) is 5.55. The Morgan fingerprint density at radius 3 is 2.63 bits per heavy atom. The molecule has 19 heavy (non-hydrogen) atoms. The number of halogens is 1. The van der Waals surface area contributed by atoms with Crippen LogP contribution in [0.25, 0.3) is 10.9 Å². The highest BCUT2D eigenvalue weighted by atomic mass is 19.1. The van der Waals surface area contributed by atoms with Gasteiger partial charge in [0, 0.05) is 18.0 Å². The Kier molecular flexibility index (Phi) is 4.03. The lowest BCUT2D eigenvalue weighted by Gasteiger charge is -2.15. The fraction of sp³-hybridized carbons (Fsp3) is 0.438. The predicted octanol–water partition coefficient (Wildman–Crippen LogP) is 4.63. The second-order valence-electron chi connectivity index (χ2n) is 5.30. The van der Waals surface area contributed by atoms with Crippen molar-refractivity contribution in [1.82, 2.24) is 4.98 Å². The minimum atomic E-state index is -0.196. The van der Waals surface area contributed by atoms with Crippen LogP contribution < -0.4 is 5.32 Å². The van der Waals surface area contributed by atoms with Crippen LogP contribution in [0, 0.1) is 12.7 Å². The van der Waals surface area contributed by atoms with E-state index in [1.165, 1.54) is 11.6 Å². The minimum Gasteiger partial charge on any atom is -0.370 e. The quantitative estimate of drug-likeness (QED) is 0.867. The molecule has 0 aliphatic heterocycles. The van der Waals surface area contributed by atoms with Gasteiger partial charge in [0.25, 0.3) is 0 Å². The molecule has 0 fully saturated rings. The van der Waals surface area contributed by atoms with E-state index in [0.29, 0.717) is 17.0 Å². The molecule has 2 aromatic rings. The van der Waals surface area contributed by atoms with E-state index < -0.39 is 0 Å². The topological polar surface area (TPSA) is 24.9 Å². The maximum Gasteiger partial charge on any atom is 0.130 e. The van der Waals surface area contributed by atoms with E-state index in [-0.39, 0.29) is 5.82 Å². The fourth-order valence-corrected chi connectivity index (χ4v) is 2.15. The van der Waals surface area contributed by atoms with Crippen LogP contribution >= 0.6 is 0 Å². The van der Waals surface area contributed by atoms with Crippen molar-refractivity contribution in [2.24, 2.45) is 0 Å². The fourth-order valence-electron chi connectivity index (χ4n) is 2.15. The highest BCUT2D eigenvalue weighted by Crippen LogP contribution is 2.28. The first-order valence-electron chi connectivity index (χ1n) is 6.87. The summed E-state index contributed by atoms with van der Waals surface area (Å²) in [6, 6.07) is 5.51. The molecule has 0 aliphatic rings. The molecule has 102 valence electrons. The van der Waals surface area contributed by atoms with Crippen molar-refractivity contribution in [1.29, 1.82) is 0 Å². The zero-order valence-electron chi connectivity index (χ0n) is 12.0. The lowest BCUT2D eigenvalue weighted by molar-refractivity contribution is 0.620. The van der Waals surface area contributed by atoms with Gasteiger partial charge in [-0.05, 0) is 42.5 Å². The number of nitrogens with zero attached hydrogens (tertiary/aromatic N) is 1. The van der Waals surface area contributed by atoms with E-state index in [1.54, 1.807) is 6.92 Å². The molecular weight excluding hydrogens is 239 g/mol. The minimum absolute atomic E-state index is 0.196.